The highest BCUT2D eigenvalue weighted by atomic mass is 35.5. The van der Waals surface area contributed by atoms with E-state index in [0.29, 0.717) is 17.9 Å². The summed E-state index contributed by atoms with van der Waals surface area (Å²) < 4.78 is 24.2. The molecule has 1 unspecified atom stereocenters. The van der Waals surface area contributed by atoms with Gasteiger partial charge in [-0.1, -0.05) is 18.5 Å². The molecule has 0 saturated carbocycles. The molecule has 1 aliphatic rings. The SMILES string of the molecule is CCS(=O)(=O)C1CSCCN1C(=O)c1ccnc(Cl)c1. The summed E-state index contributed by atoms with van der Waals surface area (Å²) >= 11 is 7.33. The van der Waals surface area contributed by atoms with Crippen molar-refractivity contribution >= 4 is 39.1 Å². The minimum atomic E-state index is -3.30. The normalized spacial score (nSPS) is 19.9. The third-order valence-electron chi connectivity index (χ3n) is 3.14. The molecule has 0 radical (unpaired) electrons. The van der Waals surface area contributed by atoms with Crippen molar-refractivity contribution in [1.82, 2.24) is 9.88 Å². The molecule has 8 heteroatoms. The second kappa shape index (κ2) is 6.32. The molecule has 1 atom stereocenters. The average Bonchev–Trinajstić information content (AvgIpc) is 2.46. The Labute approximate surface area is 127 Å². The highest BCUT2D eigenvalue weighted by Gasteiger charge is 2.36. The molecule has 1 aromatic rings. The van der Waals surface area contributed by atoms with Crippen molar-refractivity contribution in [2.24, 2.45) is 0 Å². The highest BCUT2D eigenvalue weighted by molar-refractivity contribution is 8.01. The Morgan fingerprint density at radius 3 is 3.00 bits per heavy atom. The Morgan fingerprint density at radius 2 is 2.35 bits per heavy atom. The molecular formula is C12H15ClN2O3S2. The van der Waals surface area contributed by atoms with Crippen LogP contribution < -0.4 is 0 Å². The maximum Gasteiger partial charge on any atom is 0.255 e. The number of halogens is 1. The van der Waals surface area contributed by atoms with Gasteiger partial charge in [0.05, 0.1) is 0 Å². The standard InChI is InChI=1S/C12H15ClN2O3S2/c1-2-20(17,18)11-8-19-6-5-15(11)12(16)9-3-4-14-10(13)7-9/h3-4,7,11H,2,5-6,8H2,1H3. The van der Waals surface area contributed by atoms with Crippen molar-refractivity contribution in [2.45, 2.75) is 12.3 Å². The fourth-order valence-corrected chi connectivity index (χ4v) is 5.14. The van der Waals surface area contributed by atoms with Gasteiger partial charge in [0.1, 0.15) is 10.5 Å². The lowest BCUT2D eigenvalue weighted by Gasteiger charge is -2.34. The van der Waals surface area contributed by atoms with Gasteiger partial charge in [-0.2, -0.15) is 11.8 Å². The first-order chi connectivity index (χ1) is 9.45. The van der Waals surface area contributed by atoms with E-state index in [1.54, 1.807) is 24.8 Å². The van der Waals surface area contributed by atoms with E-state index in [0.717, 1.165) is 5.75 Å². The van der Waals surface area contributed by atoms with Gasteiger partial charge in [0, 0.05) is 35.6 Å². The number of hydrogen-bond acceptors (Lipinski definition) is 5. The van der Waals surface area contributed by atoms with Gasteiger partial charge < -0.3 is 4.90 Å². The summed E-state index contributed by atoms with van der Waals surface area (Å²) in [5.74, 6) is 0.872. The van der Waals surface area contributed by atoms with Crippen molar-refractivity contribution < 1.29 is 13.2 Å². The first-order valence-electron chi connectivity index (χ1n) is 6.17. The van der Waals surface area contributed by atoms with Gasteiger partial charge >= 0.3 is 0 Å². The van der Waals surface area contributed by atoms with E-state index in [1.807, 2.05) is 0 Å². The number of pyridine rings is 1. The van der Waals surface area contributed by atoms with Gasteiger partial charge in [-0.3, -0.25) is 4.79 Å². The summed E-state index contributed by atoms with van der Waals surface area (Å²) in [6.45, 7) is 2.02. The van der Waals surface area contributed by atoms with Crippen LogP contribution in [0.1, 0.15) is 17.3 Å². The number of carbonyl (C=O) groups excluding carboxylic acids is 1. The van der Waals surface area contributed by atoms with Gasteiger partial charge in [-0.25, -0.2) is 13.4 Å². The van der Waals surface area contributed by atoms with Crippen molar-refractivity contribution in [3.63, 3.8) is 0 Å². The molecule has 0 bridgehead atoms. The molecule has 0 aromatic carbocycles. The number of carbonyl (C=O) groups is 1. The minimum Gasteiger partial charge on any atom is -0.320 e. The molecule has 0 N–H and O–H groups in total. The molecule has 1 aromatic heterocycles. The molecule has 1 saturated heterocycles. The number of sulfone groups is 1. The van der Waals surface area contributed by atoms with Crippen LogP contribution in [0.25, 0.3) is 0 Å². The van der Waals surface area contributed by atoms with Crippen molar-refractivity contribution in [3.8, 4) is 0 Å². The number of amides is 1. The van der Waals surface area contributed by atoms with Gasteiger partial charge in [0.2, 0.25) is 0 Å². The quantitative estimate of drug-likeness (QED) is 0.787. The zero-order valence-corrected chi connectivity index (χ0v) is 13.3. The van der Waals surface area contributed by atoms with Crippen molar-refractivity contribution in [3.05, 3.63) is 29.0 Å². The minimum absolute atomic E-state index is 0.0269. The fourth-order valence-electron chi connectivity index (χ4n) is 2.00. The van der Waals surface area contributed by atoms with Crippen LogP contribution >= 0.6 is 23.4 Å². The van der Waals surface area contributed by atoms with E-state index < -0.39 is 15.2 Å². The zero-order valence-electron chi connectivity index (χ0n) is 11.0. The highest BCUT2D eigenvalue weighted by Crippen LogP contribution is 2.23. The lowest BCUT2D eigenvalue weighted by atomic mass is 10.2. The third kappa shape index (κ3) is 3.27. The van der Waals surface area contributed by atoms with E-state index in [4.69, 9.17) is 11.6 Å². The lowest BCUT2D eigenvalue weighted by Crippen LogP contribution is -2.50. The fraction of sp³-hybridized carbons (Fsp3) is 0.500. The molecular weight excluding hydrogens is 320 g/mol. The number of rotatable bonds is 3. The molecule has 0 aliphatic carbocycles. The molecule has 5 nitrogen and oxygen atoms in total. The Kier molecular flexibility index (Phi) is 4.93. The molecule has 2 heterocycles. The van der Waals surface area contributed by atoms with Crippen LogP contribution in [-0.2, 0) is 9.84 Å². The predicted octanol–water partition coefficient (Wildman–Crippen LogP) is 1.68. The molecule has 1 fully saturated rings. The van der Waals surface area contributed by atoms with Crippen LogP contribution in [0.4, 0.5) is 0 Å². The number of hydrogen-bond donors (Lipinski definition) is 0. The van der Waals surface area contributed by atoms with Crippen molar-refractivity contribution in [1.29, 1.82) is 0 Å². The number of nitrogens with zero attached hydrogens (tertiary/aromatic N) is 2. The van der Waals surface area contributed by atoms with Crippen LogP contribution in [0.2, 0.25) is 5.15 Å². The van der Waals surface area contributed by atoms with E-state index in [2.05, 4.69) is 4.98 Å². The Morgan fingerprint density at radius 1 is 1.60 bits per heavy atom. The van der Waals surface area contributed by atoms with Gasteiger partial charge in [-0.05, 0) is 12.1 Å². The Balaban J connectivity index is 2.31. The predicted molar refractivity (Wildman–Crippen MR) is 80.9 cm³/mol. The number of aromatic nitrogens is 1. The van der Waals surface area contributed by atoms with E-state index in [1.165, 1.54) is 17.2 Å². The number of thioether (sulfide) groups is 1. The second-order valence-electron chi connectivity index (χ2n) is 4.35. The van der Waals surface area contributed by atoms with Gasteiger partial charge in [0.25, 0.3) is 5.91 Å². The summed E-state index contributed by atoms with van der Waals surface area (Å²) in [7, 11) is -3.30. The molecule has 110 valence electrons. The van der Waals surface area contributed by atoms with Gasteiger partial charge in [-0.15, -0.1) is 0 Å². The summed E-state index contributed by atoms with van der Waals surface area (Å²) in [6, 6.07) is 3.01. The summed E-state index contributed by atoms with van der Waals surface area (Å²) in [4.78, 5) is 17.7. The Hall–Kier alpha value is -0.790. The maximum atomic E-state index is 12.5. The second-order valence-corrected chi connectivity index (χ2v) is 8.33. The molecule has 1 amide bonds. The smallest absolute Gasteiger partial charge is 0.255 e. The Bertz CT molecular complexity index is 606. The molecule has 0 spiro atoms. The monoisotopic (exact) mass is 334 g/mol. The van der Waals surface area contributed by atoms with Crippen LogP contribution in [-0.4, -0.2) is 53.4 Å². The maximum absolute atomic E-state index is 12.5. The zero-order chi connectivity index (χ0) is 14.8. The summed E-state index contributed by atoms with van der Waals surface area (Å²) in [5.41, 5.74) is 0.369. The van der Waals surface area contributed by atoms with Crippen LogP contribution in [0.3, 0.4) is 0 Å². The first kappa shape index (κ1) is 15.6. The van der Waals surface area contributed by atoms with Gasteiger partial charge in [0.15, 0.2) is 9.84 Å². The van der Waals surface area contributed by atoms with Crippen LogP contribution in [0.15, 0.2) is 18.3 Å². The first-order valence-corrected chi connectivity index (χ1v) is 9.42. The molecule has 20 heavy (non-hydrogen) atoms. The summed E-state index contributed by atoms with van der Waals surface area (Å²) in [6.07, 6.45) is 1.44. The van der Waals surface area contributed by atoms with E-state index in [9.17, 15) is 13.2 Å². The third-order valence-corrected chi connectivity index (χ3v) is 6.63. The lowest BCUT2D eigenvalue weighted by molar-refractivity contribution is 0.0749. The topological polar surface area (TPSA) is 67.3 Å². The van der Waals surface area contributed by atoms with Crippen LogP contribution in [0.5, 0.6) is 0 Å². The van der Waals surface area contributed by atoms with Crippen molar-refractivity contribution in [2.75, 3.05) is 23.8 Å². The van der Waals surface area contributed by atoms with E-state index in [-0.39, 0.29) is 16.8 Å². The average molecular weight is 335 g/mol. The largest absolute Gasteiger partial charge is 0.320 e. The van der Waals surface area contributed by atoms with E-state index >= 15 is 0 Å². The summed E-state index contributed by atoms with van der Waals surface area (Å²) in [5, 5.41) is -0.539. The molecule has 2 rings (SSSR count). The van der Waals surface area contributed by atoms with Crippen LogP contribution in [0, 0.1) is 0 Å². The molecule has 1 aliphatic heterocycles.